The molecular weight excluding hydrogens is 463 g/mol. The Kier molecular flexibility index (Phi) is 6.13. The lowest BCUT2D eigenvalue weighted by Crippen LogP contribution is -2.15. The van der Waals surface area contributed by atoms with Crippen molar-refractivity contribution in [2.75, 3.05) is 17.1 Å². The summed E-state index contributed by atoms with van der Waals surface area (Å²) in [4.78, 5) is 24.5. The number of fused-ring (bicyclic) bond motifs is 1. The lowest BCUT2D eigenvalue weighted by molar-refractivity contribution is -0.116. The Labute approximate surface area is 196 Å². The Balaban J connectivity index is 1.86. The minimum Gasteiger partial charge on any atom is -0.495 e. The lowest BCUT2D eigenvalue weighted by Gasteiger charge is -2.15. The molecule has 178 valence electrons. The van der Waals surface area contributed by atoms with Crippen molar-refractivity contribution in [2.24, 2.45) is 0 Å². The second kappa shape index (κ2) is 8.90. The summed E-state index contributed by atoms with van der Waals surface area (Å²) in [6.45, 7) is 3.43. The molecule has 1 aliphatic heterocycles. The van der Waals surface area contributed by atoms with Crippen molar-refractivity contribution in [1.82, 2.24) is 9.78 Å². The van der Waals surface area contributed by atoms with Crippen molar-refractivity contribution in [1.29, 1.82) is 0 Å². The summed E-state index contributed by atoms with van der Waals surface area (Å²) in [5.41, 5.74) is 2.06. The highest BCUT2D eigenvalue weighted by atomic mass is 32.2. The summed E-state index contributed by atoms with van der Waals surface area (Å²) in [5, 5.41) is 7.09. The van der Waals surface area contributed by atoms with Gasteiger partial charge in [0, 0.05) is 18.4 Å². The average Bonchev–Trinajstić information content (AvgIpc) is 3.10. The van der Waals surface area contributed by atoms with Gasteiger partial charge in [-0.25, -0.2) is 12.8 Å². The van der Waals surface area contributed by atoms with Crippen LogP contribution < -0.4 is 14.8 Å². The van der Waals surface area contributed by atoms with Gasteiger partial charge in [0.25, 0.3) is 10.0 Å². The molecule has 2 N–H and O–H groups in total. The smallest absolute Gasteiger partial charge is 0.265 e. The van der Waals surface area contributed by atoms with Gasteiger partial charge < -0.3 is 10.1 Å². The molecule has 2 heterocycles. The lowest BCUT2D eigenvalue weighted by atomic mass is 10.0. The number of nitrogens with zero attached hydrogens (tertiary/aromatic N) is 2. The minimum atomic E-state index is -4.15. The highest BCUT2D eigenvalue weighted by molar-refractivity contribution is 7.92. The Bertz CT molecular complexity index is 1410. The molecule has 0 saturated heterocycles. The normalized spacial score (nSPS) is 13.8. The minimum absolute atomic E-state index is 0.0201. The summed E-state index contributed by atoms with van der Waals surface area (Å²) in [5.74, 6) is -0.840. The molecule has 1 amide bonds. The Hall–Kier alpha value is -3.73. The largest absolute Gasteiger partial charge is 0.495 e. The van der Waals surface area contributed by atoms with Crippen molar-refractivity contribution < 1.29 is 27.1 Å². The zero-order chi connectivity index (χ0) is 24.6. The Morgan fingerprint density at radius 1 is 1.18 bits per heavy atom. The van der Waals surface area contributed by atoms with E-state index in [1.54, 1.807) is 13.0 Å². The van der Waals surface area contributed by atoms with Crippen molar-refractivity contribution >= 4 is 33.3 Å². The molecule has 11 heteroatoms. The van der Waals surface area contributed by atoms with E-state index < -0.39 is 15.8 Å². The van der Waals surface area contributed by atoms with Crippen LogP contribution in [-0.4, -0.2) is 37.1 Å². The summed E-state index contributed by atoms with van der Waals surface area (Å²) in [6.07, 6.45) is 0.498. The Morgan fingerprint density at radius 3 is 2.62 bits per heavy atom. The fraction of sp³-hybridized carbons (Fsp3) is 0.261. The maximum Gasteiger partial charge on any atom is 0.265 e. The number of nitrogens with one attached hydrogen (secondary N) is 2. The van der Waals surface area contributed by atoms with Crippen LogP contribution >= 0.6 is 0 Å². The van der Waals surface area contributed by atoms with E-state index in [0.717, 1.165) is 10.7 Å². The van der Waals surface area contributed by atoms with Crippen LogP contribution in [0.3, 0.4) is 0 Å². The fourth-order valence-electron chi connectivity index (χ4n) is 3.81. The predicted octanol–water partition coefficient (Wildman–Crippen LogP) is 3.74. The van der Waals surface area contributed by atoms with Crippen LogP contribution in [0.1, 0.15) is 35.8 Å². The van der Waals surface area contributed by atoms with Crippen molar-refractivity contribution in [3.05, 3.63) is 53.5 Å². The van der Waals surface area contributed by atoms with Crippen LogP contribution in [0.5, 0.6) is 5.75 Å². The number of sulfonamides is 1. The van der Waals surface area contributed by atoms with Gasteiger partial charge in [-0.05, 0) is 54.8 Å². The molecule has 4 rings (SSSR count). The second-order valence-electron chi connectivity index (χ2n) is 7.81. The van der Waals surface area contributed by atoms with E-state index in [-0.39, 0.29) is 46.8 Å². The molecule has 0 bridgehead atoms. The quantitative estimate of drug-likeness (QED) is 0.548. The van der Waals surface area contributed by atoms with Gasteiger partial charge in [-0.15, -0.1) is 0 Å². The Morgan fingerprint density at radius 2 is 1.94 bits per heavy atom. The number of aryl methyl sites for hydroxylation is 2. The maximum atomic E-state index is 13.5. The van der Waals surface area contributed by atoms with Gasteiger partial charge in [0.05, 0.1) is 18.5 Å². The van der Waals surface area contributed by atoms with Crippen LogP contribution in [-0.2, 0) is 21.2 Å². The van der Waals surface area contributed by atoms with E-state index in [4.69, 9.17) is 4.74 Å². The third-order valence-electron chi connectivity index (χ3n) is 5.53. The molecule has 9 nitrogen and oxygen atoms in total. The maximum absolute atomic E-state index is 13.5. The molecule has 0 atom stereocenters. The molecule has 0 unspecified atom stereocenters. The van der Waals surface area contributed by atoms with E-state index in [1.165, 1.54) is 31.4 Å². The summed E-state index contributed by atoms with van der Waals surface area (Å²) in [6, 6.07) is 8.25. The third-order valence-corrected chi connectivity index (χ3v) is 6.91. The van der Waals surface area contributed by atoms with Crippen LogP contribution in [0, 0.1) is 12.7 Å². The van der Waals surface area contributed by atoms with Gasteiger partial charge >= 0.3 is 0 Å². The van der Waals surface area contributed by atoms with E-state index in [2.05, 4.69) is 15.1 Å². The van der Waals surface area contributed by atoms with E-state index in [9.17, 15) is 22.4 Å². The number of anilines is 2. The average molecular weight is 487 g/mol. The summed E-state index contributed by atoms with van der Waals surface area (Å²) < 4.78 is 49.0. The van der Waals surface area contributed by atoms with Gasteiger partial charge in [-0.2, -0.15) is 9.78 Å². The number of rotatable bonds is 6. The number of benzene rings is 2. The molecule has 0 fully saturated rings. The predicted molar refractivity (Wildman–Crippen MR) is 124 cm³/mol. The molecule has 34 heavy (non-hydrogen) atoms. The summed E-state index contributed by atoms with van der Waals surface area (Å²) in [7, 11) is -2.81. The zero-order valence-electron chi connectivity index (χ0n) is 18.8. The van der Waals surface area contributed by atoms with Gasteiger partial charge in [-0.1, -0.05) is 13.0 Å². The molecular formula is C23H23FN4O5S. The first-order chi connectivity index (χ1) is 16.1. The molecule has 0 spiro atoms. The van der Waals surface area contributed by atoms with Crippen molar-refractivity contribution in [2.45, 2.75) is 38.0 Å². The molecule has 0 radical (unpaired) electrons. The highest BCUT2D eigenvalue weighted by Gasteiger charge is 2.29. The molecule has 2 aromatic carbocycles. The van der Waals surface area contributed by atoms with Crippen molar-refractivity contribution in [3.63, 3.8) is 0 Å². The standard InChI is InChI=1S/C23H23FN4O5S/c1-4-16-22(23-25-20(29)9-10-21(30)28(23)26-16)14-5-8-18(33-3)19(12-14)34(31,32)27-17-7-6-15(24)11-13(17)2/h5-8,11-12,27H,4,9-10H2,1-3H3,(H,25,29). The SMILES string of the molecule is CCc1nn2c(c1-c1ccc(OC)c(S(=O)(=O)Nc3ccc(F)cc3C)c1)NC(=O)CCC2=O. The molecule has 1 aromatic heterocycles. The van der Waals surface area contributed by atoms with E-state index in [1.807, 2.05) is 6.92 Å². The van der Waals surface area contributed by atoms with Crippen LogP contribution in [0.25, 0.3) is 11.1 Å². The van der Waals surface area contributed by atoms with Crippen molar-refractivity contribution in [3.8, 4) is 16.9 Å². The first-order valence-electron chi connectivity index (χ1n) is 10.6. The highest BCUT2D eigenvalue weighted by Crippen LogP contribution is 2.38. The first kappa shape index (κ1) is 23.4. The van der Waals surface area contributed by atoms with E-state index >= 15 is 0 Å². The zero-order valence-corrected chi connectivity index (χ0v) is 19.6. The van der Waals surface area contributed by atoms with Crippen LogP contribution in [0.2, 0.25) is 0 Å². The van der Waals surface area contributed by atoms with Crippen LogP contribution in [0.15, 0.2) is 41.3 Å². The monoisotopic (exact) mass is 486 g/mol. The summed E-state index contributed by atoms with van der Waals surface area (Å²) >= 11 is 0. The first-order valence-corrected chi connectivity index (χ1v) is 12.0. The number of hydrogen-bond acceptors (Lipinski definition) is 6. The second-order valence-corrected chi connectivity index (χ2v) is 9.46. The van der Waals surface area contributed by atoms with Crippen LogP contribution in [0.4, 0.5) is 15.9 Å². The van der Waals surface area contributed by atoms with Gasteiger partial charge in [0.2, 0.25) is 11.8 Å². The number of hydrogen-bond donors (Lipinski definition) is 2. The number of ether oxygens (including phenoxy) is 1. The molecule has 1 aliphatic rings. The third kappa shape index (κ3) is 4.26. The van der Waals surface area contributed by atoms with Gasteiger partial charge in [0.15, 0.2) is 0 Å². The van der Waals surface area contributed by atoms with E-state index in [0.29, 0.717) is 28.8 Å². The fourth-order valence-corrected chi connectivity index (χ4v) is 5.14. The molecule has 0 aliphatic carbocycles. The number of methoxy groups -OCH3 is 1. The van der Waals surface area contributed by atoms with Gasteiger partial charge in [0.1, 0.15) is 22.3 Å². The number of aromatic nitrogens is 2. The number of carbonyl (C=O) groups is 2. The van der Waals surface area contributed by atoms with Gasteiger partial charge in [-0.3, -0.25) is 14.3 Å². The molecule has 3 aromatic rings. The number of halogens is 1. The topological polar surface area (TPSA) is 119 Å². The molecule has 0 saturated carbocycles. The number of carbonyl (C=O) groups excluding carboxylic acids is 2. The number of amides is 1.